The largest absolute Gasteiger partial charge is 0.496 e. The van der Waals surface area contributed by atoms with Crippen molar-refractivity contribution in [1.82, 2.24) is 14.9 Å². The highest BCUT2D eigenvalue weighted by atomic mass is 32.1. The minimum Gasteiger partial charge on any atom is -0.496 e. The summed E-state index contributed by atoms with van der Waals surface area (Å²) in [6.45, 7) is 0. The van der Waals surface area contributed by atoms with Crippen LogP contribution in [0.3, 0.4) is 0 Å². The molecule has 1 aromatic carbocycles. The van der Waals surface area contributed by atoms with Crippen LogP contribution in [0.25, 0.3) is 17.5 Å². The molecule has 6 nitrogen and oxygen atoms in total. The molecule has 0 aliphatic heterocycles. The summed E-state index contributed by atoms with van der Waals surface area (Å²) in [7, 11) is 1.61. The van der Waals surface area contributed by atoms with E-state index in [-0.39, 0.29) is 0 Å². The second kappa shape index (κ2) is 6.89. The number of nitrogens with one attached hydrogen (secondary N) is 1. The minimum atomic E-state index is 0.397. The molecule has 0 spiro atoms. The van der Waals surface area contributed by atoms with Crippen molar-refractivity contribution in [3.05, 3.63) is 59.3 Å². The van der Waals surface area contributed by atoms with Gasteiger partial charge in [-0.1, -0.05) is 12.1 Å². The molecular weight excluding hydrogens is 312 g/mol. The van der Waals surface area contributed by atoms with Crippen LogP contribution in [0.5, 0.6) is 5.75 Å². The first kappa shape index (κ1) is 15.0. The quantitative estimate of drug-likeness (QED) is 0.572. The summed E-state index contributed by atoms with van der Waals surface area (Å²) < 4.78 is 12.5. The molecule has 2 aromatic heterocycles. The molecule has 0 aliphatic carbocycles. The number of aromatic amines is 1. The fraction of sp³-hybridized carbons (Fsp3) is 0.0625. The molecule has 0 aliphatic rings. The molecule has 0 unspecified atom stereocenters. The van der Waals surface area contributed by atoms with E-state index >= 15 is 0 Å². The van der Waals surface area contributed by atoms with E-state index in [1.54, 1.807) is 36.4 Å². The van der Waals surface area contributed by atoms with Gasteiger partial charge in [-0.25, -0.2) is 5.10 Å². The highest BCUT2D eigenvalue weighted by molar-refractivity contribution is 7.71. The summed E-state index contributed by atoms with van der Waals surface area (Å²) in [6.07, 6.45) is 6.80. The van der Waals surface area contributed by atoms with Crippen LogP contribution >= 0.6 is 12.2 Å². The molecule has 0 saturated carbocycles. The fourth-order valence-electron chi connectivity index (χ4n) is 2.03. The summed E-state index contributed by atoms with van der Waals surface area (Å²) in [4.78, 5) is 0. The number of para-hydroxylation sites is 1. The standard InChI is InChI=1S/C16H14N4O2S/c1-21-14-9-3-2-8-13(14)15-18-19-16(23)20(15)17-10-4-6-12-7-5-11-22-12/h2-11H,1H3,(H,19,23)/b6-4+,17-10+. The Bertz CT molecular complexity index is 891. The first-order valence-electron chi connectivity index (χ1n) is 6.85. The summed E-state index contributed by atoms with van der Waals surface area (Å²) >= 11 is 5.23. The van der Waals surface area contributed by atoms with Crippen molar-refractivity contribution in [2.45, 2.75) is 0 Å². The van der Waals surface area contributed by atoms with E-state index in [0.717, 1.165) is 11.3 Å². The van der Waals surface area contributed by atoms with Gasteiger partial charge >= 0.3 is 0 Å². The zero-order valence-corrected chi connectivity index (χ0v) is 13.2. The summed E-state index contributed by atoms with van der Waals surface area (Å²) in [5.74, 6) is 2.02. The lowest BCUT2D eigenvalue weighted by Gasteiger charge is -2.06. The summed E-state index contributed by atoms with van der Waals surface area (Å²) in [5.41, 5.74) is 0.800. The Morgan fingerprint density at radius 1 is 1.30 bits per heavy atom. The van der Waals surface area contributed by atoms with Gasteiger partial charge in [-0.15, -0.1) is 0 Å². The smallest absolute Gasteiger partial charge is 0.216 e. The molecule has 1 N–H and O–H groups in total. The average Bonchev–Trinajstić information content (AvgIpc) is 3.22. The monoisotopic (exact) mass is 326 g/mol. The van der Waals surface area contributed by atoms with Crippen molar-refractivity contribution in [3.8, 4) is 17.1 Å². The van der Waals surface area contributed by atoms with Crippen LogP contribution < -0.4 is 4.74 Å². The van der Waals surface area contributed by atoms with Gasteiger partial charge < -0.3 is 9.15 Å². The number of furan rings is 1. The van der Waals surface area contributed by atoms with Gasteiger partial charge in [-0.05, 0) is 48.6 Å². The maximum Gasteiger partial charge on any atom is 0.216 e. The molecule has 3 aromatic rings. The van der Waals surface area contributed by atoms with Gasteiger partial charge in [0, 0.05) is 6.21 Å². The highest BCUT2D eigenvalue weighted by Gasteiger charge is 2.12. The van der Waals surface area contributed by atoms with Gasteiger partial charge in [0.1, 0.15) is 11.5 Å². The van der Waals surface area contributed by atoms with Gasteiger partial charge in [-0.3, -0.25) is 0 Å². The Labute approximate surface area is 137 Å². The van der Waals surface area contributed by atoms with Crippen molar-refractivity contribution in [3.63, 3.8) is 0 Å². The van der Waals surface area contributed by atoms with Gasteiger partial charge in [0.15, 0.2) is 5.82 Å². The summed E-state index contributed by atoms with van der Waals surface area (Å²) in [5, 5.41) is 11.3. The molecule has 23 heavy (non-hydrogen) atoms. The predicted octanol–water partition coefficient (Wildman–Crippen LogP) is 3.76. The number of aromatic nitrogens is 3. The van der Waals surface area contributed by atoms with Crippen molar-refractivity contribution >= 4 is 24.5 Å². The van der Waals surface area contributed by atoms with Crippen LogP contribution in [0.4, 0.5) is 0 Å². The molecule has 0 radical (unpaired) electrons. The van der Waals surface area contributed by atoms with Crippen LogP contribution in [0.15, 0.2) is 58.3 Å². The Balaban J connectivity index is 1.92. The topological polar surface area (TPSA) is 68.3 Å². The van der Waals surface area contributed by atoms with Crippen molar-refractivity contribution in [2.24, 2.45) is 5.10 Å². The Hall–Kier alpha value is -2.93. The van der Waals surface area contributed by atoms with Crippen LogP contribution in [0, 0.1) is 4.77 Å². The Morgan fingerprint density at radius 3 is 2.96 bits per heavy atom. The zero-order chi connectivity index (χ0) is 16.1. The van der Waals surface area contributed by atoms with Crippen LogP contribution in [0.2, 0.25) is 0 Å². The van der Waals surface area contributed by atoms with Crippen LogP contribution in [-0.4, -0.2) is 28.2 Å². The van der Waals surface area contributed by atoms with Crippen LogP contribution in [-0.2, 0) is 0 Å². The number of methoxy groups -OCH3 is 1. The van der Waals surface area contributed by atoms with E-state index < -0.39 is 0 Å². The molecule has 3 rings (SSSR count). The van der Waals surface area contributed by atoms with E-state index in [4.69, 9.17) is 21.4 Å². The van der Waals surface area contributed by atoms with Gasteiger partial charge in [0.25, 0.3) is 0 Å². The van der Waals surface area contributed by atoms with Crippen molar-refractivity contribution in [2.75, 3.05) is 7.11 Å². The zero-order valence-electron chi connectivity index (χ0n) is 12.3. The molecule has 116 valence electrons. The first-order chi connectivity index (χ1) is 11.3. The molecule has 0 fully saturated rings. The first-order valence-corrected chi connectivity index (χ1v) is 7.26. The normalized spacial score (nSPS) is 11.5. The van der Waals surface area contributed by atoms with Gasteiger partial charge in [0.05, 0.1) is 18.9 Å². The fourth-order valence-corrected chi connectivity index (χ4v) is 2.21. The number of allylic oxidation sites excluding steroid dienone is 1. The number of nitrogens with zero attached hydrogens (tertiary/aromatic N) is 3. The van der Waals surface area contributed by atoms with Crippen LogP contribution in [0.1, 0.15) is 5.76 Å². The Morgan fingerprint density at radius 2 is 2.17 bits per heavy atom. The van der Waals surface area contributed by atoms with Crippen molar-refractivity contribution in [1.29, 1.82) is 0 Å². The van der Waals surface area contributed by atoms with E-state index in [1.807, 2.05) is 36.4 Å². The molecule has 7 heteroatoms. The molecule has 0 saturated heterocycles. The lowest BCUT2D eigenvalue weighted by atomic mass is 10.2. The SMILES string of the molecule is COc1ccccc1-c1n[nH]c(=S)n1/N=C/C=C/c1ccco1. The van der Waals surface area contributed by atoms with Gasteiger partial charge in [0.2, 0.25) is 4.77 Å². The third-order valence-corrected chi connectivity index (χ3v) is 3.33. The number of ether oxygens (including phenoxy) is 1. The average molecular weight is 326 g/mol. The number of H-pyrrole nitrogens is 1. The number of hydrogen-bond donors (Lipinski definition) is 1. The third-order valence-electron chi connectivity index (χ3n) is 3.07. The maximum absolute atomic E-state index is 5.36. The predicted molar refractivity (Wildman–Crippen MR) is 91.0 cm³/mol. The molecule has 0 amide bonds. The number of rotatable bonds is 5. The highest BCUT2D eigenvalue weighted by Crippen LogP contribution is 2.27. The third kappa shape index (κ3) is 3.29. The lowest BCUT2D eigenvalue weighted by Crippen LogP contribution is -1.96. The van der Waals surface area contributed by atoms with Gasteiger partial charge in [-0.2, -0.15) is 14.9 Å². The molecule has 0 atom stereocenters. The summed E-state index contributed by atoms with van der Waals surface area (Å²) in [6, 6.07) is 11.2. The van der Waals surface area contributed by atoms with E-state index in [9.17, 15) is 0 Å². The van der Waals surface area contributed by atoms with Crippen molar-refractivity contribution < 1.29 is 9.15 Å². The lowest BCUT2D eigenvalue weighted by molar-refractivity contribution is 0.416. The maximum atomic E-state index is 5.36. The second-order valence-corrected chi connectivity index (χ2v) is 4.89. The molecule has 0 bridgehead atoms. The minimum absolute atomic E-state index is 0.397. The second-order valence-electron chi connectivity index (χ2n) is 4.50. The molecular formula is C16H14N4O2S. The van der Waals surface area contributed by atoms with E-state index in [2.05, 4.69) is 15.3 Å². The van der Waals surface area contributed by atoms with E-state index in [1.165, 1.54) is 0 Å². The number of benzene rings is 1. The molecule has 2 heterocycles. The number of hydrogen-bond acceptors (Lipinski definition) is 5. The van der Waals surface area contributed by atoms with E-state index in [0.29, 0.717) is 16.3 Å². The Kier molecular flexibility index (Phi) is 4.49.